The summed E-state index contributed by atoms with van der Waals surface area (Å²) in [4.78, 5) is 4.45. The van der Waals surface area contributed by atoms with E-state index in [1.165, 1.54) is 35.8 Å². The molecule has 1 saturated carbocycles. The molecule has 1 aliphatic rings. The molecule has 3 nitrogen and oxygen atoms in total. The largest absolute Gasteiger partial charge is 0.396 e. The Morgan fingerprint density at radius 3 is 2.95 bits per heavy atom. The summed E-state index contributed by atoms with van der Waals surface area (Å²) in [6.45, 7) is 1.25. The molecule has 0 aliphatic heterocycles. The molecule has 19 heavy (non-hydrogen) atoms. The van der Waals surface area contributed by atoms with Crippen LogP contribution in [0.15, 0.2) is 23.7 Å². The van der Waals surface area contributed by atoms with Crippen molar-refractivity contribution in [3.63, 3.8) is 0 Å². The first-order valence-electron chi connectivity index (χ1n) is 7.05. The highest BCUT2D eigenvalue weighted by Gasteiger charge is 2.24. The molecule has 2 aromatic heterocycles. The Morgan fingerprint density at radius 2 is 2.11 bits per heavy atom. The summed E-state index contributed by atoms with van der Waals surface area (Å²) in [5.41, 5.74) is 0. The lowest BCUT2D eigenvalue weighted by atomic mass is 9.79. The number of aliphatic hydroxyl groups excluding tert-OH is 1. The van der Waals surface area contributed by atoms with Crippen LogP contribution in [0.4, 0.5) is 5.82 Å². The summed E-state index contributed by atoms with van der Waals surface area (Å²) in [6, 6.07) is 4.18. The van der Waals surface area contributed by atoms with Crippen molar-refractivity contribution in [1.82, 2.24) is 4.98 Å². The zero-order valence-electron chi connectivity index (χ0n) is 11.0. The normalized spacial score (nSPS) is 23.6. The maximum Gasteiger partial charge on any atom is 0.134 e. The molecule has 2 atom stereocenters. The molecule has 0 bridgehead atoms. The third-order valence-electron chi connectivity index (χ3n) is 4.21. The lowest BCUT2D eigenvalue weighted by molar-refractivity contribution is 0.141. The highest BCUT2D eigenvalue weighted by atomic mass is 32.1. The van der Waals surface area contributed by atoms with E-state index in [1.54, 1.807) is 11.3 Å². The monoisotopic (exact) mass is 276 g/mol. The maximum absolute atomic E-state index is 9.46. The van der Waals surface area contributed by atoms with Crippen molar-refractivity contribution in [2.24, 2.45) is 11.8 Å². The highest BCUT2D eigenvalue weighted by molar-refractivity contribution is 7.17. The van der Waals surface area contributed by atoms with Gasteiger partial charge in [0.15, 0.2) is 0 Å². The van der Waals surface area contributed by atoms with Crippen molar-refractivity contribution in [3.8, 4) is 0 Å². The second-order valence-electron chi connectivity index (χ2n) is 5.36. The predicted molar refractivity (Wildman–Crippen MR) is 80.6 cm³/mol. The SMILES string of the molecule is OCC1CCCCC1CNc1nccc2sccc12. The lowest BCUT2D eigenvalue weighted by Gasteiger charge is -2.30. The van der Waals surface area contributed by atoms with Crippen molar-refractivity contribution in [2.75, 3.05) is 18.5 Å². The highest BCUT2D eigenvalue weighted by Crippen LogP contribution is 2.31. The lowest BCUT2D eigenvalue weighted by Crippen LogP contribution is -2.28. The van der Waals surface area contributed by atoms with Crippen LogP contribution in [0.5, 0.6) is 0 Å². The van der Waals surface area contributed by atoms with Crippen molar-refractivity contribution in [2.45, 2.75) is 25.7 Å². The van der Waals surface area contributed by atoms with Crippen LogP contribution in [0.1, 0.15) is 25.7 Å². The average molecular weight is 276 g/mol. The molecule has 4 heteroatoms. The van der Waals surface area contributed by atoms with E-state index in [-0.39, 0.29) is 0 Å². The molecule has 0 aromatic carbocycles. The van der Waals surface area contributed by atoms with Crippen LogP contribution < -0.4 is 5.32 Å². The van der Waals surface area contributed by atoms with E-state index in [9.17, 15) is 5.11 Å². The van der Waals surface area contributed by atoms with Crippen molar-refractivity contribution < 1.29 is 5.11 Å². The number of anilines is 1. The van der Waals surface area contributed by atoms with E-state index in [1.807, 2.05) is 6.20 Å². The van der Waals surface area contributed by atoms with E-state index in [4.69, 9.17) is 0 Å². The van der Waals surface area contributed by atoms with E-state index in [0.29, 0.717) is 18.4 Å². The molecule has 2 aromatic rings. The number of thiophene rings is 1. The zero-order valence-corrected chi connectivity index (χ0v) is 11.8. The van der Waals surface area contributed by atoms with Gasteiger partial charge in [0.2, 0.25) is 0 Å². The number of pyridine rings is 1. The molecule has 3 rings (SSSR count). The number of nitrogens with one attached hydrogen (secondary N) is 1. The summed E-state index contributed by atoms with van der Waals surface area (Å²) in [7, 11) is 0. The number of fused-ring (bicyclic) bond motifs is 1. The summed E-state index contributed by atoms with van der Waals surface area (Å²) in [5, 5.41) is 16.3. The fourth-order valence-corrected chi connectivity index (χ4v) is 3.84. The topological polar surface area (TPSA) is 45.1 Å². The van der Waals surface area contributed by atoms with Crippen LogP contribution in [0.25, 0.3) is 10.1 Å². The molecular weight excluding hydrogens is 256 g/mol. The Kier molecular flexibility index (Phi) is 3.99. The van der Waals surface area contributed by atoms with E-state index in [2.05, 4.69) is 27.8 Å². The molecule has 2 heterocycles. The number of hydrogen-bond donors (Lipinski definition) is 2. The van der Waals surface area contributed by atoms with Gasteiger partial charge in [0.25, 0.3) is 0 Å². The van der Waals surface area contributed by atoms with Gasteiger partial charge in [0.1, 0.15) is 5.82 Å². The van der Waals surface area contributed by atoms with Crippen molar-refractivity contribution >= 4 is 27.2 Å². The minimum atomic E-state index is 0.322. The minimum absolute atomic E-state index is 0.322. The summed E-state index contributed by atoms with van der Waals surface area (Å²) in [6.07, 6.45) is 6.81. The third kappa shape index (κ3) is 2.74. The molecule has 2 unspecified atom stereocenters. The molecule has 0 radical (unpaired) electrons. The third-order valence-corrected chi connectivity index (χ3v) is 5.09. The number of rotatable bonds is 4. The van der Waals surface area contributed by atoms with Crippen LogP contribution in [0, 0.1) is 11.8 Å². The number of hydrogen-bond acceptors (Lipinski definition) is 4. The van der Waals surface area contributed by atoms with Crippen molar-refractivity contribution in [3.05, 3.63) is 23.7 Å². The zero-order chi connectivity index (χ0) is 13.1. The summed E-state index contributed by atoms with van der Waals surface area (Å²) in [5.74, 6) is 2.03. The van der Waals surface area contributed by atoms with Gasteiger partial charge in [-0.25, -0.2) is 4.98 Å². The fourth-order valence-electron chi connectivity index (χ4n) is 3.06. The molecular formula is C15H20N2OS. The van der Waals surface area contributed by atoms with Crippen LogP contribution in [-0.2, 0) is 0 Å². The smallest absolute Gasteiger partial charge is 0.134 e. The van der Waals surface area contributed by atoms with Gasteiger partial charge in [-0.15, -0.1) is 11.3 Å². The molecule has 0 amide bonds. The molecule has 2 N–H and O–H groups in total. The number of nitrogens with zero attached hydrogens (tertiary/aromatic N) is 1. The first kappa shape index (κ1) is 12.9. The van der Waals surface area contributed by atoms with Gasteiger partial charge in [-0.3, -0.25) is 0 Å². The van der Waals surface area contributed by atoms with Gasteiger partial charge in [0, 0.05) is 29.4 Å². The minimum Gasteiger partial charge on any atom is -0.396 e. The molecule has 1 fully saturated rings. The van der Waals surface area contributed by atoms with E-state index < -0.39 is 0 Å². The van der Waals surface area contributed by atoms with Gasteiger partial charge < -0.3 is 10.4 Å². The van der Waals surface area contributed by atoms with Gasteiger partial charge >= 0.3 is 0 Å². The summed E-state index contributed by atoms with van der Waals surface area (Å²) >= 11 is 1.75. The fraction of sp³-hybridized carbons (Fsp3) is 0.533. The van der Waals surface area contributed by atoms with Crippen LogP contribution in [0.2, 0.25) is 0 Å². The maximum atomic E-state index is 9.46. The van der Waals surface area contributed by atoms with E-state index >= 15 is 0 Å². The predicted octanol–water partition coefficient (Wildman–Crippen LogP) is 3.51. The van der Waals surface area contributed by atoms with Gasteiger partial charge in [-0.1, -0.05) is 12.8 Å². The Bertz CT molecular complexity index is 540. The Hall–Kier alpha value is -1.13. The van der Waals surface area contributed by atoms with Crippen LogP contribution in [-0.4, -0.2) is 23.2 Å². The molecule has 1 aliphatic carbocycles. The van der Waals surface area contributed by atoms with Crippen molar-refractivity contribution in [1.29, 1.82) is 0 Å². The second kappa shape index (κ2) is 5.88. The van der Waals surface area contributed by atoms with Crippen LogP contribution in [0.3, 0.4) is 0 Å². The van der Waals surface area contributed by atoms with Gasteiger partial charge in [0.05, 0.1) is 0 Å². The molecule has 0 spiro atoms. The second-order valence-corrected chi connectivity index (χ2v) is 6.31. The first-order valence-corrected chi connectivity index (χ1v) is 7.93. The Labute approximate surface area is 117 Å². The Morgan fingerprint density at radius 1 is 1.26 bits per heavy atom. The first-order chi connectivity index (χ1) is 9.38. The molecule has 102 valence electrons. The standard InChI is InChI=1S/C15H20N2OS/c18-10-12-4-2-1-3-11(12)9-17-15-13-6-8-19-14(13)5-7-16-15/h5-8,11-12,18H,1-4,9-10H2,(H,16,17). The van der Waals surface area contributed by atoms with E-state index in [0.717, 1.165) is 12.4 Å². The quantitative estimate of drug-likeness (QED) is 0.898. The molecule has 0 saturated heterocycles. The Balaban J connectivity index is 1.69. The van der Waals surface area contributed by atoms with Gasteiger partial charge in [-0.2, -0.15) is 0 Å². The van der Waals surface area contributed by atoms with Crippen LogP contribution >= 0.6 is 11.3 Å². The average Bonchev–Trinajstić information content (AvgIpc) is 2.94. The summed E-state index contributed by atoms with van der Waals surface area (Å²) < 4.78 is 1.28. The number of aromatic nitrogens is 1. The van der Waals surface area contributed by atoms with Gasteiger partial charge in [-0.05, 0) is 42.2 Å². The number of aliphatic hydroxyl groups is 1.